The third-order valence-corrected chi connectivity index (χ3v) is 4.39. The van der Waals surface area contributed by atoms with Crippen molar-refractivity contribution < 1.29 is 19.2 Å². The molecule has 0 spiro atoms. The second-order valence-corrected chi connectivity index (χ2v) is 6.43. The molecule has 0 saturated heterocycles. The fraction of sp³-hybridized carbons (Fsp3) is 0.263. The van der Waals surface area contributed by atoms with E-state index >= 15 is 0 Å². The standard InChI is InChI=1S/C19H19N5O5/c1-11-18(24(27)28)12(2)23(22-11)10-17(25)29-13(3)19(26)21-16-8-4-7-15-14(16)6-5-9-20-15/h4-9,13H,10H2,1-3H3,(H,21,26). The van der Waals surface area contributed by atoms with Crippen LogP contribution in [0, 0.1) is 24.0 Å². The molecule has 0 saturated carbocycles. The van der Waals surface area contributed by atoms with Gasteiger partial charge in [-0.15, -0.1) is 0 Å². The lowest BCUT2D eigenvalue weighted by Gasteiger charge is -2.14. The van der Waals surface area contributed by atoms with Crippen molar-refractivity contribution in [3.05, 3.63) is 58.0 Å². The molecule has 0 bridgehead atoms. The number of nitrogens with zero attached hydrogens (tertiary/aromatic N) is 4. The number of pyridine rings is 1. The van der Waals surface area contributed by atoms with Crippen LogP contribution in [0.5, 0.6) is 0 Å². The molecule has 1 N–H and O–H groups in total. The fourth-order valence-electron chi connectivity index (χ4n) is 2.96. The highest BCUT2D eigenvalue weighted by molar-refractivity contribution is 6.02. The lowest BCUT2D eigenvalue weighted by molar-refractivity contribution is -0.386. The SMILES string of the molecule is Cc1nn(CC(=O)OC(C)C(=O)Nc2cccc3ncccc23)c(C)c1[N+](=O)[O-]. The monoisotopic (exact) mass is 397 g/mol. The summed E-state index contributed by atoms with van der Waals surface area (Å²) in [4.78, 5) is 39.4. The molecular weight excluding hydrogens is 378 g/mol. The molecule has 3 aromatic rings. The first-order valence-corrected chi connectivity index (χ1v) is 8.80. The van der Waals surface area contributed by atoms with Crippen molar-refractivity contribution in [3.8, 4) is 0 Å². The zero-order chi connectivity index (χ0) is 21.1. The van der Waals surface area contributed by atoms with Crippen LogP contribution in [0.2, 0.25) is 0 Å². The molecule has 0 aliphatic carbocycles. The van der Waals surface area contributed by atoms with Crippen LogP contribution in [-0.2, 0) is 20.9 Å². The Morgan fingerprint density at radius 2 is 2.03 bits per heavy atom. The summed E-state index contributed by atoms with van der Waals surface area (Å²) in [6.45, 7) is 4.09. The van der Waals surface area contributed by atoms with Crippen LogP contribution in [0.3, 0.4) is 0 Å². The summed E-state index contributed by atoms with van der Waals surface area (Å²) in [5.74, 6) is -1.23. The number of aryl methyl sites for hydroxylation is 1. The normalized spacial score (nSPS) is 11.8. The number of anilines is 1. The molecule has 2 heterocycles. The molecule has 0 radical (unpaired) electrons. The lowest BCUT2D eigenvalue weighted by atomic mass is 10.2. The van der Waals surface area contributed by atoms with E-state index in [1.807, 2.05) is 12.1 Å². The highest BCUT2D eigenvalue weighted by Gasteiger charge is 2.24. The van der Waals surface area contributed by atoms with Gasteiger partial charge in [0.15, 0.2) is 6.10 Å². The molecule has 1 unspecified atom stereocenters. The fourth-order valence-corrected chi connectivity index (χ4v) is 2.96. The Kier molecular flexibility index (Phi) is 5.53. The topological polar surface area (TPSA) is 129 Å². The largest absolute Gasteiger partial charge is 0.451 e. The van der Waals surface area contributed by atoms with Crippen molar-refractivity contribution in [2.24, 2.45) is 0 Å². The van der Waals surface area contributed by atoms with Gasteiger partial charge in [0.2, 0.25) is 0 Å². The van der Waals surface area contributed by atoms with Crippen LogP contribution >= 0.6 is 0 Å². The molecule has 0 aliphatic heterocycles. The minimum Gasteiger partial charge on any atom is -0.451 e. The van der Waals surface area contributed by atoms with Gasteiger partial charge in [0, 0.05) is 11.6 Å². The molecule has 3 rings (SSSR count). The summed E-state index contributed by atoms with van der Waals surface area (Å²) in [6, 6.07) is 8.89. The van der Waals surface area contributed by atoms with E-state index in [2.05, 4.69) is 15.4 Å². The lowest BCUT2D eigenvalue weighted by Crippen LogP contribution is -2.31. The molecular formula is C19H19N5O5. The molecule has 1 aromatic carbocycles. The number of ether oxygens (including phenoxy) is 1. The van der Waals surface area contributed by atoms with E-state index in [0.717, 1.165) is 10.9 Å². The van der Waals surface area contributed by atoms with E-state index in [4.69, 9.17) is 4.74 Å². The number of nitrogens with one attached hydrogen (secondary N) is 1. The number of carbonyl (C=O) groups excluding carboxylic acids is 2. The van der Waals surface area contributed by atoms with Crippen molar-refractivity contribution in [3.63, 3.8) is 0 Å². The van der Waals surface area contributed by atoms with Crippen LogP contribution in [0.4, 0.5) is 11.4 Å². The molecule has 150 valence electrons. The predicted octanol–water partition coefficient (Wildman–Crippen LogP) is 2.53. The smallest absolute Gasteiger partial charge is 0.328 e. The summed E-state index contributed by atoms with van der Waals surface area (Å²) >= 11 is 0. The van der Waals surface area contributed by atoms with Crippen LogP contribution in [0.1, 0.15) is 18.3 Å². The zero-order valence-electron chi connectivity index (χ0n) is 16.1. The van der Waals surface area contributed by atoms with Gasteiger partial charge in [-0.1, -0.05) is 6.07 Å². The highest BCUT2D eigenvalue weighted by Crippen LogP contribution is 2.23. The number of aromatic nitrogens is 3. The Bertz CT molecular complexity index is 1100. The van der Waals surface area contributed by atoms with E-state index in [-0.39, 0.29) is 23.6 Å². The summed E-state index contributed by atoms with van der Waals surface area (Å²) in [5, 5.41) is 18.5. The number of carbonyl (C=O) groups is 2. The van der Waals surface area contributed by atoms with Crippen molar-refractivity contribution in [1.29, 1.82) is 0 Å². The maximum absolute atomic E-state index is 12.4. The van der Waals surface area contributed by atoms with Crippen LogP contribution in [0.25, 0.3) is 10.9 Å². The zero-order valence-corrected chi connectivity index (χ0v) is 16.1. The number of benzene rings is 1. The van der Waals surface area contributed by atoms with Crippen LogP contribution in [0.15, 0.2) is 36.5 Å². The van der Waals surface area contributed by atoms with Crippen molar-refractivity contribution in [2.75, 3.05) is 5.32 Å². The van der Waals surface area contributed by atoms with E-state index in [0.29, 0.717) is 5.69 Å². The Balaban J connectivity index is 1.66. The second kappa shape index (κ2) is 8.05. The van der Waals surface area contributed by atoms with Gasteiger partial charge in [-0.05, 0) is 45.0 Å². The molecule has 29 heavy (non-hydrogen) atoms. The third-order valence-electron chi connectivity index (χ3n) is 4.39. The van der Waals surface area contributed by atoms with E-state index in [1.54, 1.807) is 24.4 Å². The Morgan fingerprint density at radius 1 is 1.28 bits per heavy atom. The van der Waals surface area contributed by atoms with Gasteiger partial charge in [0.1, 0.15) is 17.9 Å². The molecule has 1 atom stereocenters. The number of esters is 1. The highest BCUT2D eigenvalue weighted by atomic mass is 16.6. The Hall–Kier alpha value is -3.82. The van der Waals surface area contributed by atoms with Gasteiger partial charge in [-0.2, -0.15) is 5.10 Å². The van der Waals surface area contributed by atoms with Crippen LogP contribution in [-0.4, -0.2) is 37.7 Å². The van der Waals surface area contributed by atoms with Crippen molar-refractivity contribution >= 4 is 34.2 Å². The predicted molar refractivity (Wildman–Crippen MR) is 104 cm³/mol. The van der Waals surface area contributed by atoms with Gasteiger partial charge in [-0.3, -0.25) is 29.4 Å². The van der Waals surface area contributed by atoms with Crippen molar-refractivity contribution in [1.82, 2.24) is 14.8 Å². The van der Waals surface area contributed by atoms with Crippen molar-refractivity contribution in [2.45, 2.75) is 33.4 Å². The number of hydrogen-bond acceptors (Lipinski definition) is 7. The van der Waals surface area contributed by atoms with Gasteiger partial charge >= 0.3 is 11.7 Å². The Morgan fingerprint density at radius 3 is 2.72 bits per heavy atom. The third kappa shape index (κ3) is 4.21. The number of nitro groups is 1. The molecule has 10 nitrogen and oxygen atoms in total. The first-order valence-electron chi connectivity index (χ1n) is 8.80. The number of rotatable bonds is 6. The summed E-state index contributed by atoms with van der Waals surface area (Å²) in [7, 11) is 0. The van der Waals surface area contributed by atoms with E-state index in [1.165, 1.54) is 25.5 Å². The number of fused-ring (bicyclic) bond motifs is 1. The average molecular weight is 397 g/mol. The molecule has 2 aromatic heterocycles. The first-order chi connectivity index (χ1) is 13.8. The first kappa shape index (κ1) is 19.9. The summed E-state index contributed by atoms with van der Waals surface area (Å²) < 4.78 is 6.36. The van der Waals surface area contributed by atoms with Crippen LogP contribution < -0.4 is 5.32 Å². The van der Waals surface area contributed by atoms with Gasteiger partial charge < -0.3 is 10.1 Å². The van der Waals surface area contributed by atoms with Gasteiger partial charge in [0.25, 0.3) is 5.91 Å². The summed E-state index contributed by atoms with van der Waals surface area (Å²) in [6.07, 6.45) is 0.586. The van der Waals surface area contributed by atoms with E-state index in [9.17, 15) is 19.7 Å². The summed E-state index contributed by atoms with van der Waals surface area (Å²) in [5.41, 5.74) is 1.58. The molecule has 0 aliphatic rings. The average Bonchev–Trinajstić information content (AvgIpc) is 2.95. The maximum Gasteiger partial charge on any atom is 0.328 e. The quantitative estimate of drug-likeness (QED) is 0.384. The van der Waals surface area contributed by atoms with E-state index < -0.39 is 22.9 Å². The molecule has 10 heteroatoms. The minimum atomic E-state index is -1.07. The second-order valence-electron chi connectivity index (χ2n) is 6.43. The molecule has 1 amide bonds. The minimum absolute atomic E-state index is 0.145. The Labute approximate surface area is 165 Å². The van der Waals surface area contributed by atoms with Gasteiger partial charge in [0.05, 0.1) is 16.1 Å². The maximum atomic E-state index is 12.4. The number of hydrogen-bond donors (Lipinski definition) is 1. The molecule has 0 fully saturated rings. The van der Waals surface area contributed by atoms with Gasteiger partial charge in [-0.25, -0.2) is 0 Å². The number of amides is 1.